The highest BCUT2D eigenvalue weighted by Gasteiger charge is 2.32. The van der Waals surface area contributed by atoms with E-state index >= 15 is 0 Å². The number of furan rings is 1. The number of esters is 1. The summed E-state index contributed by atoms with van der Waals surface area (Å²) in [5, 5.41) is 4.02. The van der Waals surface area contributed by atoms with E-state index in [0.717, 1.165) is 10.3 Å². The molecule has 9 heteroatoms. The van der Waals surface area contributed by atoms with E-state index in [2.05, 4.69) is 5.32 Å². The molecule has 0 radical (unpaired) electrons. The van der Waals surface area contributed by atoms with Crippen LogP contribution in [0.4, 0.5) is 0 Å². The number of carbonyl (C=O) groups is 5. The topological polar surface area (TPSA) is 123 Å². The number of Topliss-reactive ketones (excluding diaryl/α,β-unsaturated/α-hetero) is 1. The quantitative estimate of drug-likeness (QED) is 0.295. The van der Waals surface area contributed by atoms with Crippen molar-refractivity contribution in [2.45, 2.75) is 26.3 Å². The van der Waals surface area contributed by atoms with Crippen molar-refractivity contribution in [1.82, 2.24) is 10.2 Å². The van der Waals surface area contributed by atoms with Gasteiger partial charge in [0.1, 0.15) is 5.76 Å². The Morgan fingerprint density at radius 2 is 1.65 bits per heavy atom. The van der Waals surface area contributed by atoms with E-state index in [4.69, 9.17) is 9.15 Å². The van der Waals surface area contributed by atoms with Crippen molar-refractivity contribution in [1.29, 1.82) is 0 Å². The first-order valence-corrected chi connectivity index (χ1v) is 10.7. The van der Waals surface area contributed by atoms with Crippen molar-refractivity contribution in [2.24, 2.45) is 0 Å². The third-order valence-corrected chi connectivity index (χ3v) is 5.43. The highest BCUT2D eigenvalue weighted by atomic mass is 16.5. The number of imide groups is 1. The lowest BCUT2D eigenvalue weighted by molar-refractivity contribution is -0.142. The minimum absolute atomic E-state index is 0.0190. The van der Waals surface area contributed by atoms with Gasteiger partial charge in [0.15, 0.2) is 12.4 Å². The number of nitrogens with zero attached hydrogens (tertiary/aromatic N) is 1. The monoisotopic (exact) mass is 462 g/mol. The summed E-state index contributed by atoms with van der Waals surface area (Å²) < 4.78 is 10.3. The summed E-state index contributed by atoms with van der Waals surface area (Å²) in [4.78, 5) is 62.0. The Hall–Kier alpha value is -4.27. The Kier molecular flexibility index (Phi) is 6.53. The van der Waals surface area contributed by atoms with Gasteiger partial charge < -0.3 is 14.5 Å². The van der Waals surface area contributed by atoms with Crippen LogP contribution in [0.5, 0.6) is 0 Å². The molecule has 1 aromatic heterocycles. The number of amides is 3. The van der Waals surface area contributed by atoms with Gasteiger partial charge in [-0.25, -0.2) is 0 Å². The first-order chi connectivity index (χ1) is 16.3. The van der Waals surface area contributed by atoms with Crippen LogP contribution in [0.1, 0.15) is 56.8 Å². The van der Waals surface area contributed by atoms with Crippen LogP contribution in [-0.4, -0.2) is 47.5 Å². The lowest BCUT2D eigenvalue weighted by Crippen LogP contribution is -2.41. The van der Waals surface area contributed by atoms with Crippen LogP contribution >= 0.6 is 0 Å². The van der Waals surface area contributed by atoms with Crippen molar-refractivity contribution in [3.63, 3.8) is 0 Å². The van der Waals surface area contributed by atoms with E-state index in [9.17, 15) is 24.0 Å². The molecule has 4 rings (SSSR count). The fourth-order valence-corrected chi connectivity index (χ4v) is 3.79. The fraction of sp³-hybridized carbons (Fsp3) is 0.240. The third kappa shape index (κ3) is 4.73. The molecule has 174 valence electrons. The Labute approximate surface area is 194 Å². The second-order valence-electron chi connectivity index (χ2n) is 7.83. The number of carbonyl (C=O) groups excluding carboxylic acids is 5. The average Bonchev–Trinajstić information content (AvgIpc) is 3.31. The molecule has 0 bridgehead atoms. The molecule has 0 unspecified atom stereocenters. The number of rotatable bonds is 9. The van der Waals surface area contributed by atoms with Gasteiger partial charge in [0.05, 0.1) is 6.54 Å². The van der Waals surface area contributed by atoms with Gasteiger partial charge in [-0.3, -0.25) is 28.9 Å². The molecule has 1 N–H and O–H groups in total. The van der Waals surface area contributed by atoms with Crippen molar-refractivity contribution in [3.8, 4) is 0 Å². The van der Waals surface area contributed by atoms with Gasteiger partial charge in [-0.15, -0.1) is 0 Å². The van der Waals surface area contributed by atoms with Gasteiger partial charge in [-0.05, 0) is 36.1 Å². The minimum Gasteiger partial charge on any atom is -0.457 e. The molecule has 1 aliphatic rings. The van der Waals surface area contributed by atoms with Crippen molar-refractivity contribution < 1.29 is 33.1 Å². The first kappa shape index (κ1) is 22.9. The number of benzene rings is 2. The van der Waals surface area contributed by atoms with Crippen LogP contribution in [0, 0.1) is 0 Å². The van der Waals surface area contributed by atoms with Crippen LogP contribution in [0.25, 0.3) is 10.8 Å². The van der Waals surface area contributed by atoms with Crippen LogP contribution in [-0.2, 0) is 20.9 Å². The van der Waals surface area contributed by atoms with E-state index in [1.807, 2.05) is 12.1 Å². The van der Waals surface area contributed by atoms with E-state index in [-0.39, 0.29) is 37.6 Å². The Bertz CT molecular complexity index is 1260. The molecule has 2 aromatic carbocycles. The summed E-state index contributed by atoms with van der Waals surface area (Å²) in [6.45, 7) is 1.07. The molecule has 9 nitrogen and oxygen atoms in total. The highest BCUT2D eigenvalue weighted by Crippen LogP contribution is 2.30. The normalized spacial score (nSPS) is 12.7. The van der Waals surface area contributed by atoms with Crippen molar-refractivity contribution >= 4 is 40.2 Å². The SMILES string of the molecule is CC(=O)NCc1ccc(C(=O)COC(=O)CCCN2C(=O)c3cccc4cccc(c34)C2=O)o1. The summed E-state index contributed by atoms with van der Waals surface area (Å²) in [6.07, 6.45) is 0.131. The van der Waals surface area contributed by atoms with Crippen LogP contribution < -0.4 is 5.32 Å². The maximum absolute atomic E-state index is 12.9. The zero-order valence-corrected chi connectivity index (χ0v) is 18.5. The third-order valence-electron chi connectivity index (χ3n) is 5.43. The maximum atomic E-state index is 12.9. The molecule has 34 heavy (non-hydrogen) atoms. The Morgan fingerprint density at radius 1 is 0.971 bits per heavy atom. The smallest absolute Gasteiger partial charge is 0.306 e. The fourth-order valence-electron chi connectivity index (χ4n) is 3.79. The number of hydrogen-bond acceptors (Lipinski definition) is 7. The number of ether oxygens (including phenoxy) is 1. The summed E-state index contributed by atoms with van der Waals surface area (Å²) in [6, 6.07) is 13.6. The standard InChI is InChI=1S/C25H22N2O7/c1-15(28)26-13-17-10-11-21(34-17)20(29)14-33-22(30)9-4-12-27-24(31)18-7-2-5-16-6-3-8-19(23(16)18)25(27)32/h2-3,5-8,10-11H,4,9,12-14H2,1H3,(H,26,28). The molecule has 0 saturated heterocycles. The van der Waals surface area contributed by atoms with Gasteiger partial charge in [-0.1, -0.05) is 24.3 Å². The van der Waals surface area contributed by atoms with Crippen molar-refractivity contribution in [3.05, 3.63) is 71.2 Å². The second-order valence-corrected chi connectivity index (χ2v) is 7.83. The maximum Gasteiger partial charge on any atom is 0.306 e. The van der Waals surface area contributed by atoms with Gasteiger partial charge >= 0.3 is 5.97 Å². The molecule has 0 fully saturated rings. The van der Waals surface area contributed by atoms with E-state index in [1.54, 1.807) is 30.3 Å². The van der Waals surface area contributed by atoms with E-state index in [1.165, 1.54) is 13.0 Å². The summed E-state index contributed by atoms with van der Waals surface area (Å²) in [5.41, 5.74) is 0.911. The van der Waals surface area contributed by atoms with Gasteiger partial charge in [0, 0.05) is 36.4 Å². The number of ketones is 1. The van der Waals surface area contributed by atoms with Crippen LogP contribution in [0.2, 0.25) is 0 Å². The minimum atomic E-state index is -0.627. The molecule has 3 aromatic rings. The Morgan fingerprint density at radius 3 is 2.29 bits per heavy atom. The molecular weight excluding hydrogens is 440 g/mol. The zero-order valence-electron chi connectivity index (χ0n) is 18.5. The number of hydrogen-bond donors (Lipinski definition) is 1. The van der Waals surface area contributed by atoms with Crippen molar-refractivity contribution in [2.75, 3.05) is 13.2 Å². The predicted octanol–water partition coefficient (Wildman–Crippen LogP) is 2.87. The molecule has 1 aliphatic heterocycles. The van der Waals surface area contributed by atoms with Crippen LogP contribution in [0.15, 0.2) is 52.9 Å². The predicted molar refractivity (Wildman–Crippen MR) is 120 cm³/mol. The van der Waals surface area contributed by atoms with Crippen LogP contribution in [0.3, 0.4) is 0 Å². The first-order valence-electron chi connectivity index (χ1n) is 10.7. The second kappa shape index (κ2) is 9.70. The van der Waals surface area contributed by atoms with Gasteiger partial charge in [0.2, 0.25) is 11.7 Å². The number of nitrogens with one attached hydrogen (secondary N) is 1. The van der Waals surface area contributed by atoms with E-state index in [0.29, 0.717) is 22.3 Å². The molecule has 3 amide bonds. The molecule has 2 heterocycles. The Balaban J connectivity index is 1.27. The summed E-state index contributed by atoms with van der Waals surface area (Å²) in [5.74, 6) is -1.75. The molecule has 0 spiro atoms. The van der Waals surface area contributed by atoms with E-state index < -0.39 is 30.2 Å². The lowest BCUT2D eigenvalue weighted by atomic mass is 9.94. The highest BCUT2D eigenvalue weighted by molar-refractivity contribution is 6.25. The molecular formula is C25H22N2O7. The summed E-state index contributed by atoms with van der Waals surface area (Å²) in [7, 11) is 0. The average molecular weight is 462 g/mol. The van der Waals surface area contributed by atoms with Gasteiger partial charge in [-0.2, -0.15) is 0 Å². The van der Waals surface area contributed by atoms with Gasteiger partial charge in [0.25, 0.3) is 11.8 Å². The molecule has 0 saturated carbocycles. The molecule has 0 aliphatic carbocycles. The molecule has 0 atom stereocenters. The largest absolute Gasteiger partial charge is 0.457 e. The summed E-state index contributed by atoms with van der Waals surface area (Å²) >= 11 is 0. The lowest BCUT2D eigenvalue weighted by Gasteiger charge is -2.27. The zero-order chi connectivity index (χ0) is 24.2.